The van der Waals surface area contributed by atoms with Crippen LogP contribution in [0.2, 0.25) is 0 Å². The highest BCUT2D eigenvalue weighted by Gasteiger charge is 2.56. The Hall–Kier alpha value is -1.22. The summed E-state index contributed by atoms with van der Waals surface area (Å²) >= 11 is 0. The summed E-state index contributed by atoms with van der Waals surface area (Å²) in [4.78, 5) is 40.3. The Morgan fingerprint density at radius 3 is 2.42 bits per heavy atom. The van der Waals surface area contributed by atoms with Crippen LogP contribution in [0.5, 0.6) is 0 Å². The number of nitrogen functional groups attached to an aromatic ring is 1. The van der Waals surface area contributed by atoms with E-state index < -0.39 is 53.6 Å². The normalized spacial score (nSPS) is 30.7. The van der Waals surface area contributed by atoms with Gasteiger partial charge in [-0.15, -0.1) is 0 Å². The first kappa shape index (κ1) is 26.4. The molecule has 0 aliphatic carbocycles. The maximum Gasteiger partial charge on any atom is 0.490 e. The van der Waals surface area contributed by atoms with Crippen molar-refractivity contribution < 1.29 is 61.4 Å². The maximum atomic E-state index is 12.1. The van der Waals surface area contributed by atoms with Crippen molar-refractivity contribution in [2.75, 3.05) is 5.73 Å². The highest BCUT2D eigenvalue weighted by atomic mass is 31.3. The SMILES string of the molecule is C[C@@H](OP(=O)(O)OP(=O)(O)OP(=O)(O)O)[C@H]1O[C@@H](n2ccc3c(N)ccnc32)[C@](C)(O)[C@@H]1O. The minimum Gasteiger partial charge on any atom is -0.398 e. The van der Waals surface area contributed by atoms with Gasteiger partial charge in [0.2, 0.25) is 0 Å². The van der Waals surface area contributed by atoms with Crippen LogP contribution in [0.1, 0.15) is 20.1 Å². The van der Waals surface area contributed by atoms with Crippen molar-refractivity contribution in [2.24, 2.45) is 0 Å². The molecule has 2 aromatic rings. The fraction of sp³-hybridized carbons (Fsp3) is 0.500. The van der Waals surface area contributed by atoms with Gasteiger partial charge in [-0.3, -0.25) is 4.52 Å². The topological polar surface area (TPSA) is 253 Å². The van der Waals surface area contributed by atoms with Gasteiger partial charge in [-0.25, -0.2) is 18.7 Å². The van der Waals surface area contributed by atoms with E-state index in [0.29, 0.717) is 16.7 Å². The number of nitrogens with zero attached hydrogens (tertiary/aromatic N) is 2. The molecule has 16 nitrogen and oxygen atoms in total. The summed E-state index contributed by atoms with van der Waals surface area (Å²) in [7, 11) is -16.8. The summed E-state index contributed by atoms with van der Waals surface area (Å²) in [6.07, 6.45) is -3.09. The van der Waals surface area contributed by atoms with Gasteiger partial charge in [-0.2, -0.15) is 8.62 Å². The summed E-state index contributed by atoms with van der Waals surface area (Å²) in [6.45, 7) is 2.35. The van der Waals surface area contributed by atoms with Crippen molar-refractivity contribution in [3.8, 4) is 0 Å². The molecule has 33 heavy (non-hydrogen) atoms. The fourth-order valence-corrected chi connectivity index (χ4v) is 6.59. The zero-order valence-corrected chi connectivity index (χ0v) is 19.7. The van der Waals surface area contributed by atoms with Crippen LogP contribution in [-0.2, 0) is 31.6 Å². The number of aliphatic hydroxyl groups is 2. The van der Waals surface area contributed by atoms with E-state index >= 15 is 0 Å². The number of pyridine rings is 1. The Bertz CT molecular complexity index is 1180. The first-order valence-electron chi connectivity index (χ1n) is 9.03. The number of nitrogens with two attached hydrogens (primary N) is 1. The number of ether oxygens (including phenoxy) is 1. The third-order valence-electron chi connectivity index (χ3n) is 4.78. The van der Waals surface area contributed by atoms with E-state index in [1.54, 1.807) is 12.1 Å². The molecule has 0 saturated carbocycles. The molecule has 19 heteroatoms. The van der Waals surface area contributed by atoms with E-state index in [0.717, 1.165) is 6.92 Å². The molecule has 2 aromatic heterocycles. The summed E-state index contributed by atoms with van der Waals surface area (Å²) in [5.41, 5.74) is 4.63. The summed E-state index contributed by atoms with van der Waals surface area (Å²) in [5, 5.41) is 22.0. The predicted octanol–water partition coefficient (Wildman–Crippen LogP) is 0.360. The van der Waals surface area contributed by atoms with Gasteiger partial charge in [0, 0.05) is 23.5 Å². The number of rotatable bonds is 8. The first-order chi connectivity index (χ1) is 14.9. The van der Waals surface area contributed by atoms with Crippen LogP contribution in [0, 0.1) is 0 Å². The van der Waals surface area contributed by atoms with Crippen molar-refractivity contribution >= 4 is 40.2 Å². The molecule has 1 saturated heterocycles. The molecule has 3 heterocycles. The van der Waals surface area contributed by atoms with E-state index in [2.05, 4.69) is 13.6 Å². The molecule has 3 rings (SSSR count). The summed E-state index contributed by atoms with van der Waals surface area (Å²) in [6, 6.07) is 3.16. The highest BCUT2D eigenvalue weighted by Crippen LogP contribution is 2.66. The van der Waals surface area contributed by atoms with Gasteiger partial charge in [-0.05, 0) is 26.0 Å². The number of fused-ring (bicyclic) bond motifs is 1. The van der Waals surface area contributed by atoms with Gasteiger partial charge in [0.15, 0.2) is 6.23 Å². The number of aliphatic hydroxyl groups excluding tert-OH is 1. The monoisotopic (exact) mass is 533 g/mol. The average Bonchev–Trinajstić information content (AvgIpc) is 3.11. The lowest BCUT2D eigenvalue weighted by atomic mass is 9.94. The summed E-state index contributed by atoms with van der Waals surface area (Å²) in [5.74, 6) is 0. The predicted molar refractivity (Wildman–Crippen MR) is 109 cm³/mol. The molecule has 0 radical (unpaired) electrons. The van der Waals surface area contributed by atoms with Crippen LogP contribution in [0.15, 0.2) is 24.5 Å². The first-order valence-corrected chi connectivity index (χ1v) is 13.5. The third-order valence-corrected chi connectivity index (χ3v) is 8.70. The molecule has 1 aliphatic rings. The number of hydrogen-bond acceptors (Lipinski definition) is 11. The molecule has 1 aliphatic heterocycles. The van der Waals surface area contributed by atoms with Crippen LogP contribution in [0.25, 0.3) is 11.0 Å². The Morgan fingerprint density at radius 2 is 1.82 bits per heavy atom. The molecule has 8 N–H and O–H groups in total. The lowest BCUT2D eigenvalue weighted by Crippen LogP contribution is -2.46. The fourth-order valence-electron chi connectivity index (χ4n) is 3.39. The van der Waals surface area contributed by atoms with Crippen LogP contribution >= 0.6 is 23.5 Å². The van der Waals surface area contributed by atoms with Gasteiger partial charge in [0.05, 0.1) is 6.10 Å². The van der Waals surface area contributed by atoms with E-state index in [1.165, 1.54) is 23.9 Å². The van der Waals surface area contributed by atoms with Crippen molar-refractivity contribution in [1.82, 2.24) is 9.55 Å². The van der Waals surface area contributed by atoms with Crippen LogP contribution in [0.4, 0.5) is 5.69 Å². The molecule has 2 unspecified atom stereocenters. The minimum absolute atomic E-state index is 0.314. The Balaban J connectivity index is 1.81. The Kier molecular flexibility index (Phi) is 7.01. The van der Waals surface area contributed by atoms with Crippen molar-refractivity contribution in [1.29, 1.82) is 0 Å². The number of phosphoric acid groups is 3. The zero-order valence-electron chi connectivity index (χ0n) is 17.0. The molecule has 0 amide bonds. The standard InChI is InChI=1S/C14H22N3O13P3/c1-7(28-32(23,24)30-33(25,26)29-31(20,21)22)10-11(18)14(2,19)13(27-10)17-6-4-8-9(15)3-5-16-12(8)17/h3-7,10-11,13,18-19H,1-2H3,(H2,15,16)(H,23,24)(H,25,26)(H2,20,21,22)/t7-,10-,11-,13-,14-/m1/s1. The molecule has 0 spiro atoms. The lowest BCUT2D eigenvalue weighted by Gasteiger charge is -2.28. The number of aromatic nitrogens is 2. The summed E-state index contributed by atoms with van der Waals surface area (Å²) < 4.78 is 53.4. The minimum atomic E-state index is -5.73. The Labute approximate surface area is 186 Å². The number of anilines is 1. The third kappa shape index (κ3) is 5.72. The van der Waals surface area contributed by atoms with Crippen molar-refractivity contribution in [3.05, 3.63) is 24.5 Å². The van der Waals surface area contributed by atoms with Crippen molar-refractivity contribution in [3.63, 3.8) is 0 Å². The molecular weight excluding hydrogens is 511 g/mol. The van der Waals surface area contributed by atoms with E-state index in [-0.39, 0.29) is 0 Å². The second-order valence-electron chi connectivity index (χ2n) is 7.39. The highest BCUT2D eigenvalue weighted by molar-refractivity contribution is 7.66. The second-order valence-corrected chi connectivity index (χ2v) is 11.8. The lowest BCUT2D eigenvalue weighted by molar-refractivity contribution is -0.0979. The number of hydrogen-bond donors (Lipinski definition) is 7. The van der Waals surface area contributed by atoms with Gasteiger partial charge in [-0.1, -0.05) is 0 Å². The quantitative estimate of drug-likeness (QED) is 0.226. The van der Waals surface area contributed by atoms with Crippen LogP contribution in [-0.4, -0.2) is 63.3 Å². The molecule has 0 aromatic carbocycles. The van der Waals surface area contributed by atoms with Crippen molar-refractivity contribution in [2.45, 2.75) is 44.0 Å². The zero-order chi connectivity index (χ0) is 25.0. The Morgan fingerprint density at radius 1 is 1.18 bits per heavy atom. The van der Waals surface area contributed by atoms with Gasteiger partial charge >= 0.3 is 23.5 Å². The van der Waals surface area contributed by atoms with E-state index in [9.17, 15) is 33.7 Å². The maximum absolute atomic E-state index is 12.1. The van der Waals surface area contributed by atoms with Crippen LogP contribution < -0.4 is 5.73 Å². The molecule has 0 bridgehead atoms. The largest absolute Gasteiger partial charge is 0.490 e. The van der Waals surface area contributed by atoms with Crippen LogP contribution in [0.3, 0.4) is 0 Å². The molecule has 1 fully saturated rings. The van der Waals surface area contributed by atoms with E-state index in [1.807, 2.05) is 0 Å². The number of phosphoric ester groups is 1. The molecular formula is C14H22N3O13P3. The van der Waals surface area contributed by atoms with Gasteiger partial charge < -0.3 is 44.8 Å². The van der Waals surface area contributed by atoms with E-state index in [4.69, 9.17) is 24.8 Å². The van der Waals surface area contributed by atoms with Gasteiger partial charge in [0.1, 0.15) is 23.5 Å². The average molecular weight is 533 g/mol. The smallest absolute Gasteiger partial charge is 0.398 e. The molecule has 7 atom stereocenters. The second kappa shape index (κ2) is 8.77. The van der Waals surface area contributed by atoms with Gasteiger partial charge in [0.25, 0.3) is 0 Å². The molecule has 186 valence electrons.